The van der Waals surface area contributed by atoms with Gasteiger partial charge in [-0.25, -0.2) is 13.1 Å². The summed E-state index contributed by atoms with van der Waals surface area (Å²) in [6.45, 7) is 5.04. The summed E-state index contributed by atoms with van der Waals surface area (Å²) < 4.78 is 25.2. The van der Waals surface area contributed by atoms with Crippen LogP contribution in [0.4, 0.5) is 0 Å². The van der Waals surface area contributed by atoms with Gasteiger partial charge in [-0.15, -0.1) is 0 Å². The van der Waals surface area contributed by atoms with Gasteiger partial charge in [-0.2, -0.15) is 0 Å². The third-order valence-electron chi connectivity index (χ3n) is 1.68. The van der Waals surface area contributed by atoms with Gasteiger partial charge in [0.1, 0.15) is 0 Å². The van der Waals surface area contributed by atoms with Gasteiger partial charge in [0.2, 0.25) is 10.0 Å². The Labute approximate surface area is 84.9 Å². The van der Waals surface area contributed by atoms with Crippen molar-refractivity contribution in [2.45, 2.75) is 38.5 Å². The normalized spacial score (nSPS) is 14.5. The van der Waals surface area contributed by atoms with Gasteiger partial charge in [0, 0.05) is 0 Å². The van der Waals surface area contributed by atoms with Gasteiger partial charge in [0.25, 0.3) is 0 Å². The van der Waals surface area contributed by atoms with Crippen molar-refractivity contribution in [2.24, 2.45) is 5.73 Å². The summed E-state index contributed by atoms with van der Waals surface area (Å²) in [6, 6.07) is -0.428. The van der Waals surface area contributed by atoms with Crippen molar-refractivity contribution in [2.75, 3.05) is 0 Å². The van der Waals surface area contributed by atoms with E-state index in [2.05, 4.69) is 4.72 Å². The Morgan fingerprint density at radius 2 is 2.00 bits per heavy atom. The summed E-state index contributed by atoms with van der Waals surface area (Å²) in [5.74, 6) is 0. The molecule has 0 radical (unpaired) electrons. The highest BCUT2D eigenvalue weighted by Crippen LogP contribution is 2.01. The monoisotopic (exact) mass is 224 g/mol. The molecule has 0 rings (SSSR count). The van der Waals surface area contributed by atoms with Gasteiger partial charge < -0.3 is 5.73 Å². The third kappa shape index (κ3) is 4.02. The van der Waals surface area contributed by atoms with E-state index in [0.29, 0.717) is 6.42 Å². The van der Waals surface area contributed by atoms with Crippen LogP contribution in [0.2, 0.25) is 0 Å². The Bertz CT molecular complexity index is 272. The van der Waals surface area contributed by atoms with E-state index in [1.54, 1.807) is 13.8 Å². The summed E-state index contributed by atoms with van der Waals surface area (Å²) in [4.78, 5) is 0.187. The number of hydrogen-bond donors (Lipinski definition) is 2. The van der Waals surface area contributed by atoms with Crippen LogP contribution in [0, 0.1) is 0 Å². The molecule has 0 saturated carbocycles. The number of nitrogens with two attached hydrogens (primary N) is 1. The van der Waals surface area contributed by atoms with Crippen molar-refractivity contribution in [1.29, 1.82) is 0 Å². The quantitative estimate of drug-likeness (QED) is 0.662. The molecule has 0 aliphatic rings. The van der Waals surface area contributed by atoms with Crippen molar-refractivity contribution in [3.05, 3.63) is 0 Å². The Morgan fingerprint density at radius 1 is 1.54 bits per heavy atom. The molecule has 13 heavy (non-hydrogen) atoms. The first-order chi connectivity index (χ1) is 5.81. The van der Waals surface area contributed by atoms with Gasteiger partial charge >= 0.3 is 0 Å². The van der Waals surface area contributed by atoms with E-state index < -0.39 is 21.3 Å². The van der Waals surface area contributed by atoms with E-state index in [9.17, 15) is 8.42 Å². The van der Waals surface area contributed by atoms with E-state index in [4.69, 9.17) is 18.0 Å². The molecule has 0 fully saturated rings. The highest BCUT2D eigenvalue weighted by molar-refractivity contribution is 7.90. The Balaban J connectivity index is 4.50. The molecule has 1 atom stereocenters. The molecule has 0 amide bonds. The Morgan fingerprint density at radius 3 is 2.23 bits per heavy atom. The average Bonchev–Trinajstić information content (AvgIpc) is 1.99. The molecule has 0 aromatic rings. The Hall–Kier alpha value is -0.200. The van der Waals surface area contributed by atoms with Crippen molar-refractivity contribution in [1.82, 2.24) is 4.72 Å². The summed E-state index contributed by atoms with van der Waals surface area (Å²) in [6.07, 6.45) is 0.571. The minimum atomic E-state index is -3.27. The predicted octanol–water partition coefficient (Wildman–Crippen LogP) is 0.379. The largest absolute Gasteiger partial charge is 0.392 e. The van der Waals surface area contributed by atoms with Crippen molar-refractivity contribution in [3.8, 4) is 0 Å². The molecule has 0 aromatic heterocycles. The van der Waals surface area contributed by atoms with Crippen molar-refractivity contribution in [3.63, 3.8) is 0 Å². The molecule has 0 saturated heterocycles. The Kier molecular flexibility index (Phi) is 4.80. The second-order valence-corrected chi connectivity index (χ2v) is 5.81. The molecule has 0 aliphatic heterocycles. The SMILES string of the molecule is CCC(NS(=O)(=O)C(C)C)C(N)=S. The molecule has 0 aromatic carbocycles. The first-order valence-corrected chi connectivity index (χ1v) is 6.07. The van der Waals surface area contributed by atoms with E-state index in [1.165, 1.54) is 0 Å². The fraction of sp³-hybridized carbons (Fsp3) is 0.857. The maximum atomic E-state index is 11.4. The lowest BCUT2D eigenvalue weighted by molar-refractivity contribution is 0.563. The number of thiocarbonyl (C=S) groups is 1. The minimum Gasteiger partial charge on any atom is -0.392 e. The van der Waals surface area contributed by atoms with Crippen LogP contribution in [-0.4, -0.2) is 24.7 Å². The van der Waals surface area contributed by atoms with Gasteiger partial charge in [-0.1, -0.05) is 19.1 Å². The molecule has 6 heteroatoms. The molecule has 78 valence electrons. The van der Waals surface area contributed by atoms with Gasteiger partial charge in [-0.3, -0.25) is 0 Å². The summed E-state index contributed by atoms with van der Waals surface area (Å²) >= 11 is 4.72. The van der Waals surface area contributed by atoms with Crippen LogP contribution >= 0.6 is 12.2 Å². The predicted molar refractivity (Wildman–Crippen MR) is 58.1 cm³/mol. The second-order valence-electron chi connectivity index (χ2n) is 3.07. The van der Waals surface area contributed by atoms with Crippen LogP contribution in [0.3, 0.4) is 0 Å². The lowest BCUT2D eigenvalue weighted by atomic mass is 10.2. The highest BCUT2D eigenvalue weighted by atomic mass is 32.2. The topological polar surface area (TPSA) is 72.2 Å². The molecular weight excluding hydrogens is 208 g/mol. The van der Waals surface area contributed by atoms with Crippen molar-refractivity contribution >= 4 is 27.2 Å². The van der Waals surface area contributed by atoms with E-state index >= 15 is 0 Å². The smallest absolute Gasteiger partial charge is 0.214 e. The highest BCUT2D eigenvalue weighted by Gasteiger charge is 2.21. The summed E-state index contributed by atoms with van der Waals surface area (Å²) in [7, 11) is -3.27. The number of nitrogens with one attached hydrogen (secondary N) is 1. The van der Waals surface area contributed by atoms with Gasteiger partial charge in [0.15, 0.2) is 0 Å². The van der Waals surface area contributed by atoms with Crippen LogP contribution in [0.5, 0.6) is 0 Å². The van der Waals surface area contributed by atoms with Crippen LogP contribution in [0.1, 0.15) is 27.2 Å². The molecular formula is C7H16N2O2S2. The maximum absolute atomic E-state index is 11.4. The zero-order chi connectivity index (χ0) is 10.6. The number of sulfonamides is 1. The third-order valence-corrected chi connectivity index (χ3v) is 3.82. The average molecular weight is 224 g/mol. The van der Waals surface area contributed by atoms with E-state index in [1.807, 2.05) is 6.92 Å². The van der Waals surface area contributed by atoms with Gasteiger partial charge in [0.05, 0.1) is 16.3 Å². The minimum absolute atomic E-state index is 0.187. The number of rotatable bonds is 5. The fourth-order valence-corrected chi connectivity index (χ4v) is 1.94. The molecule has 0 heterocycles. The van der Waals surface area contributed by atoms with Gasteiger partial charge in [-0.05, 0) is 20.3 Å². The number of hydrogen-bond acceptors (Lipinski definition) is 3. The van der Waals surface area contributed by atoms with Crippen LogP contribution in [0.25, 0.3) is 0 Å². The lowest BCUT2D eigenvalue weighted by Crippen LogP contribution is -2.45. The summed E-state index contributed by atoms with van der Waals surface area (Å²) in [5.41, 5.74) is 5.36. The van der Waals surface area contributed by atoms with Crippen molar-refractivity contribution < 1.29 is 8.42 Å². The zero-order valence-corrected chi connectivity index (χ0v) is 9.71. The van der Waals surface area contributed by atoms with Crippen LogP contribution < -0.4 is 10.5 Å². The lowest BCUT2D eigenvalue weighted by Gasteiger charge is -2.17. The molecule has 4 nitrogen and oxygen atoms in total. The van der Waals surface area contributed by atoms with E-state index in [-0.39, 0.29) is 4.99 Å². The molecule has 1 unspecified atom stereocenters. The molecule has 0 bridgehead atoms. The summed E-state index contributed by atoms with van der Waals surface area (Å²) in [5, 5.41) is -0.462. The zero-order valence-electron chi connectivity index (χ0n) is 8.07. The maximum Gasteiger partial charge on any atom is 0.214 e. The standard InChI is InChI=1S/C7H16N2O2S2/c1-4-6(7(8)12)9-13(10,11)5(2)3/h5-6,9H,4H2,1-3H3,(H2,8,12). The molecule has 0 spiro atoms. The molecule has 0 aliphatic carbocycles. The first kappa shape index (κ1) is 12.8. The fourth-order valence-electron chi connectivity index (χ4n) is 0.677. The molecule has 3 N–H and O–H groups in total. The second kappa shape index (κ2) is 4.88. The first-order valence-electron chi connectivity index (χ1n) is 4.11. The van der Waals surface area contributed by atoms with Crippen LogP contribution in [-0.2, 0) is 10.0 Å². The van der Waals surface area contributed by atoms with E-state index in [0.717, 1.165) is 0 Å². The van der Waals surface area contributed by atoms with Crippen LogP contribution in [0.15, 0.2) is 0 Å².